The highest BCUT2D eigenvalue weighted by Gasteiger charge is 2.54. The molecule has 0 atom stereocenters. The summed E-state index contributed by atoms with van der Waals surface area (Å²) in [6, 6.07) is 11.9. The molecule has 4 aliphatic rings. The first kappa shape index (κ1) is 17.1. The summed E-state index contributed by atoms with van der Waals surface area (Å²) in [4.78, 5) is 13.4. The Kier molecular flexibility index (Phi) is 3.61. The number of nitrogens with zero attached hydrogens (tertiary/aromatic N) is 4. The zero-order valence-corrected chi connectivity index (χ0v) is 16.6. The SMILES string of the molecule is Cc1nnc2ccc(-c3cccc(NC(=O)C45CC6CC(CC(C6)C4)C5)c3)nn12. The number of amides is 1. The fourth-order valence-corrected chi connectivity index (χ4v) is 6.46. The van der Waals surface area contributed by atoms with Crippen LogP contribution in [-0.4, -0.2) is 25.7 Å². The van der Waals surface area contributed by atoms with E-state index in [4.69, 9.17) is 0 Å². The van der Waals surface area contributed by atoms with Gasteiger partial charge in [-0.25, -0.2) is 0 Å². The van der Waals surface area contributed by atoms with Crippen molar-refractivity contribution in [1.82, 2.24) is 19.8 Å². The fraction of sp³-hybridized carbons (Fsp3) is 0.478. The van der Waals surface area contributed by atoms with E-state index in [0.29, 0.717) is 0 Å². The molecule has 1 N–H and O–H groups in total. The number of aryl methyl sites for hydroxylation is 1. The van der Waals surface area contributed by atoms with Crippen molar-refractivity contribution in [3.05, 3.63) is 42.2 Å². The monoisotopic (exact) mass is 387 g/mol. The van der Waals surface area contributed by atoms with Crippen molar-refractivity contribution in [2.75, 3.05) is 5.32 Å². The number of nitrogens with one attached hydrogen (secondary N) is 1. The zero-order chi connectivity index (χ0) is 19.6. The molecule has 0 spiro atoms. The summed E-state index contributed by atoms with van der Waals surface area (Å²) in [5.74, 6) is 3.28. The van der Waals surface area contributed by atoms with Crippen LogP contribution in [-0.2, 0) is 4.79 Å². The van der Waals surface area contributed by atoms with Gasteiger partial charge in [-0.3, -0.25) is 4.79 Å². The van der Waals surface area contributed by atoms with Crippen LogP contribution in [0, 0.1) is 30.1 Å². The summed E-state index contributed by atoms with van der Waals surface area (Å²) in [5.41, 5.74) is 3.26. The molecule has 7 rings (SSSR count). The maximum atomic E-state index is 13.4. The van der Waals surface area contributed by atoms with Crippen molar-refractivity contribution in [1.29, 1.82) is 0 Å². The Balaban J connectivity index is 1.27. The van der Waals surface area contributed by atoms with Gasteiger partial charge in [0.1, 0.15) is 0 Å². The summed E-state index contributed by atoms with van der Waals surface area (Å²) in [6.45, 7) is 1.89. The van der Waals surface area contributed by atoms with E-state index >= 15 is 0 Å². The first-order chi connectivity index (χ1) is 14.1. The second-order valence-electron chi connectivity index (χ2n) is 9.47. The smallest absolute Gasteiger partial charge is 0.230 e. The molecule has 4 aliphatic carbocycles. The normalized spacial score (nSPS) is 30.0. The van der Waals surface area contributed by atoms with Gasteiger partial charge in [-0.2, -0.15) is 9.61 Å². The minimum absolute atomic E-state index is 0.137. The molecule has 2 heterocycles. The molecule has 6 heteroatoms. The van der Waals surface area contributed by atoms with E-state index in [1.54, 1.807) is 4.52 Å². The average Bonchev–Trinajstić information content (AvgIpc) is 3.07. The number of anilines is 1. The molecule has 4 saturated carbocycles. The van der Waals surface area contributed by atoms with E-state index in [0.717, 1.165) is 65.4 Å². The minimum Gasteiger partial charge on any atom is -0.326 e. The van der Waals surface area contributed by atoms with Crippen molar-refractivity contribution in [2.45, 2.75) is 45.4 Å². The van der Waals surface area contributed by atoms with Crippen molar-refractivity contribution in [2.24, 2.45) is 23.2 Å². The van der Waals surface area contributed by atoms with Crippen LogP contribution in [0.1, 0.15) is 44.3 Å². The van der Waals surface area contributed by atoms with Gasteiger partial charge in [-0.05, 0) is 87.5 Å². The van der Waals surface area contributed by atoms with Crippen LogP contribution in [0.5, 0.6) is 0 Å². The number of hydrogen-bond donors (Lipinski definition) is 1. The number of benzene rings is 1. The van der Waals surface area contributed by atoms with Gasteiger partial charge in [0.05, 0.1) is 11.1 Å². The lowest BCUT2D eigenvalue weighted by molar-refractivity contribution is -0.140. The Hall–Kier alpha value is -2.76. The zero-order valence-electron chi connectivity index (χ0n) is 16.6. The highest BCUT2D eigenvalue weighted by Crippen LogP contribution is 2.60. The van der Waals surface area contributed by atoms with E-state index in [-0.39, 0.29) is 11.3 Å². The fourth-order valence-electron chi connectivity index (χ4n) is 6.46. The standard InChI is InChI=1S/C23H25N5O/c1-14-25-26-21-6-5-20(27-28(14)21)18-3-2-4-19(10-18)24-22(29)23-11-15-7-16(12-23)9-17(8-15)13-23/h2-6,10,15-17H,7-9,11-13H2,1H3,(H,24,29). The Labute approximate surface area is 169 Å². The Morgan fingerprint density at radius 2 is 1.76 bits per heavy atom. The molecule has 4 bridgehead atoms. The van der Waals surface area contributed by atoms with Gasteiger partial charge in [0.25, 0.3) is 0 Å². The Morgan fingerprint density at radius 3 is 2.48 bits per heavy atom. The minimum atomic E-state index is -0.137. The third-order valence-corrected chi connectivity index (χ3v) is 7.35. The Morgan fingerprint density at radius 1 is 1.03 bits per heavy atom. The summed E-state index contributed by atoms with van der Waals surface area (Å²) < 4.78 is 1.75. The van der Waals surface area contributed by atoms with E-state index in [1.165, 1.54) is 19.3 Å². The molecule has 0 unspecified atom stereocenters. The van der Waals surface area contributed by atoms with Gasteiger partial charge >= 0.3 is 0 Å². The lowest BCUT2D eigenvalue weighted by Gasteiger charge is -2.55. The topological polar surface area (TPSA) is 72.2 Å². The van der Waals surface area contributed by atoms with Gasteiger partial charge in [0, 0.05) is 11.3 Å². The van der Waals surface area contributed by atoms with Crippen LogP contribution in [0.4, 0.5) is 5.69 Å². The van der Waals surface area contributed by atoms with Gasteiger partial charge < -0.3 is 5.32 Å². The van der Waals surface area contributed by atoms with Crippen molar-refractivity contribution >= 4 is 17.2 Å². The molecule has 1 aromatic carbocycles. The third kappa shape index (κ3) is 2.76. The average molecular weight is 387 g/mol. The lowest BCUT2D eigenvalue weighted by Crippen LogP contribution is -2.51. The predicted molar refractivity (Wildman–Crippen MR) is 110 cm³/mol. The second-order valence-corrected chi connectivity index (χ2v) is 9.47. The van der Waals surface area contributed by atoms with E-state index in [9.17, 15) is 4.79 Å². The molecule has 29 heavy (non-hydrogen) atoms. The highest BCUT2D eigenvalue weighted by molar-refractivity contribution is 5.96. The van der Waals surface area contributed by atoms with Gasteiger partial charge in [0.2, 0.25) is 5.91 Å². The third-order valence-electron chi connectivity index (χ3n) is 7.35. The first-order valence-corrected chi connectivity index (χ1v) is 10.7. The Bertz CT molecular complexity index is 1080. The van der Waals surface area contributed by atoms with Crippen LogP contribution in [0.25, 0.3) is 16.9 Å². The first-order valence-electron chi connectivity index (χ1n) is 10.7. The van der Waals surface area contributed by atoms with Crippen molar-refractivity contribution in [3.63, 3.8) is 0 Å². The molecule has 0 radical (unpaired) electrons. The van der Waals surface area contributed by atoms with Crippen molar-refractivity contribution in [3.8, 4) is 11.3 Å². The lowest BCUT2D eigenvalue weighted by atomic mass is 9.49. The molecule has 6 nitrogen and oxygen atoms in total. The number of aromatic nitrogens is 4. The number of fused-ring (bicyclic) bond motifs is 1. The maximum absolute atomic E-state index is 13.4. The molecule has 2 aromatic heterocycles. The largest absolute Gasteiger partial charge is 0.326 e. The number of carbonyl (C=O) groups excluding carboxylic acids is 1. The number of carbonyl (C=O) groups is 1. The predicted octanol–water partition coefficient (Wildman–Crippen LogP) is 4.25. The van der Waals surface area contributed by atoms with Crippen LogP contribution in [0.3, 0.4) is 0 Å². The molecule has 4 fully saturated rings. The number of rotatable bonds is 3. The molecule has 0 saturated heterocycles. The number of hydrogen-bond acceptors (Lipinski definition) is 4. The summed E-state index contributed by atoms with van der Waals surface area (Å²) in [6.07, 6.45) is 7.27. The van der Waals surface area contributed by atoms with Crippen LogP contribution in [0.15, 0.2) is 36.4 Å². The van der Waals surface area contributed by atoms with Crippen LogP contribution < -0.4 is 5.32 Å². The van der Waals surface area contributed by atoms with Crippen LogP contribution >= 0.6 is 0 Å². The van der Waals surface area contributed by atoms with Gasteiger partial charge in [-0.1, -0.05) is 12.1 Å². The molecule has 0 aliphatic heterocycles. The van der Waals surface area contributed by atoms with E-state index < -0.39 is 0 Å². The molecule has 1 amide bonds. The van der Waals surface area contributed by atoms with Crippen LogP contribution in [0.2, 0.25) is 0 Å². The second kappa shape index (κ2) is 6.12. The van der Waals surface area contributed by atoms with E-state index in [2.05, 4.69) is 20.6 Å². The van der Waals surface area contributed by atoms with Gasteiger partial charge in [-0.15, -0.1) is 10.2 Å². The summed E-state index contributed by atoms with van der Waals surface area (Å²) >= 11 is 0. The molecule has 3 aromatic rings. The molecular weight excluding hydrogens is 362 g/mol. The van der Waals surface area contributed by atoms with Gasteiger partial charge in [0.15, 0.2) is 11.5 Å². The summed E-state index contributed by atoms with van der Waals surface area (Å²) in [7, 11) is 0. The molecule has 148 valence electrons. The van der Waals surface area contributed by atoms with E-state index in [1.807, 2.05) is 43.3 Å². The quantitative estimate of drug-likeness (QED) is 0.729. The maximum Gasteiger partial charge on any atom is 0.230 e. The molecular formula is C23H25N5O. The highest BCUT2D eigenvalue weighted by atomic mass is 16.2. The summed E-state index contributed by atoms with van der Waals surface area (Å²) in [5, 5.41) is 16.1. The van der Waals surface area contributed by atoms with Crippen molar-refractivity contribution < 1.29 is 4.79 Å².